The zero-order valence-electron chi connectivity index (χ0n) is 14.1. The minimum absolute atomic E-state index is 0.150. The number of fused-ring (bicyclic) bond motifs is 1. The third-order valence-electron chi connectivity index (χ3n) is 4.14. The number of nitrogens with zero attached hydrogens (tertiary/aromatic N) is 1. The lowest BCUT2D eigenvalue weighted by Gasteiger charge is -2.27. The van der Waals surface area contributed by atoms with Crippen LogP contribution in [-0.2, 0) is 6.54 Å². The van der Waals surface area contributed by atoms with Crippen molar-refractivity contribution in [1.29, 1.82) is 0 Å². The van der Waals surface area contributed by atoms with Crippen molar-refractivity contribution in [2.45, 2.75) is 30.8 Å². The molecule has 0 spiro atoms. The Morgan fingerprint density at radius 3 is 3.00 bits per heavy atom. The van der Waals surface area contributed by atoms with Gasteiger partial charge >= 0.3 is 0 Å². The fourth-order valence-electron chi connectivity index (χ4n) is 2.87. The summed E-state index contributed by atoms with van der Waals surface area (Å²) in [6.07, 6.45) is 2.97. The van der Waals surface area contributed by atoms with Crippen LogP contribution in [0.2, 0.25) is 0 Å². The highest BCUT2D eigenvalue weighted by molar-refractivity contribution is 7.98. The molecule has 1 heterocycles. The number of benzene rings is 2. The van der Waals surface area contributed by atoms with Gasteiger partial charge in [-0.2, -0.15) is 0 Å². The highest BCUT2D eigenvalue weighted by Crippen LogP contribution is 2.31. The maximum atomic E-state index is 6.12. The van der Waals surface area contributed by atoms with Gasteiger partial charge in [-0.15, -0.1) is 11.8 Å². The summed E-state index contributed by atoms with van der Waals surface area (Å²) in [7, 11) is 0. The van der Waals surface area contributed by atoms with E-state index in [1.165, 1.54) is 16.0 Å². The second-order valence-corrected chi connectivity index (χ2v) is 6.74. The average molecular weight is 341 g/mol. The third-order valence-corrected chi connectivity index (χ3v) is 4.96. The van der Waals surface area contributed by atoms with Gasteiger partial charge in [-0.25, -0.2) is 4.99 Å². The number of aryl methyl sites for hydroxylation is 1. The van der Waals surface area contributed by atoms with Crippen LogP contribution in [0.1, 0.15) is 29.2 Å². The molecule has 0 bridgehead atoms. The van der Waals surface area contributed by atoms with Gasteiger partial charge in [0.25, 0.3) is 0 Å². The minimum Gasteiger partial charge on any atom is -0.493 e. The molecule has 0 fully saturated rings. The lowest BCUT2D eigenvalue weighted by atomic mass is 10.0. The maximum absolute atomic E-state index is 6.12. The first-order valence-corrected chi connectivity index (χ1v) is 9.31. The van der Waals surface area contributed by atoms with E-state index in [9.17, 15) is 0 Å². The van der Waals surface area contributed by atoms with E-state index in [0.717, 1.165) is 17.7 Å². The molecule has 3 N–H and O–H groups in total. The van der Waals surface area contributed by atoms with E-state index in [1.54, 1.807) is 11.8 Å². The van der Waals surface area contributed by atoms with Gasteiger partial charge in [0.2, 0.25) is 0 Å². The Labute approximate surface area is 147 Å². The van der Waals surface area contributed by atoms with Crippen LogP contribution in [0.5, 0.6) is 5.75 Å². The quantitative estimate of drug-likeness (QED) is 0.506. The summed E-state index contributed by atoms with van der Waals surface area (Å²) in [5, 5.41) is 3.34. The van der Waals surface area contributed by atoms with E-state index < -0.39 is 0 Å². The van der Waals surface area contributed by atoms with Crippen molar-refractivity contribution in [3.8, 4) is 5.75 Å². The zero-order chi connectivity index (χ0) is 16.9. The number of nitrogens with two attached hydrogens (primary N) is 1. The molecule has 0 aromatic heterocycles. The van der Waals surface area contributed by atoms with Gasteiger partial charge in [-0.05, 0) is 36.4 Å². The Bertz CT molecular complexity index is 745. The van der Waals surface area contributed by atoms with Crippen LogP contribution >= 0.6 is 11.8 Å². The molecule has 24 heavy (non-hydrogen) atoms. The molecule has 0 saturated heterocycles. The highest BCUT2D eigenvalue weighted by atomic mass is 32.2. The van der Waals surface area contributed by atoms with Gasteiger partial charge in [-0.3, -0.25) is 0 Å². The third kappa shape index (κ3) is 3.85. The van der Waals surface area contributed by atoms with E-state index in [-0.39, 0.29) is 6.04 Å². The smallest absolute Gasteiger partial charge is 0.189 e. The maximum Gasteiger partial charge on any atom is 0.189 e. The first-order chi connectivity index (χ1) is 11.7. The first kappa shape index (κ1) is 16.7. The number of aliphatic imine (C=N–C) groups is 1. The second kappa shape index (κ2) is 7.62. The standard InChI is InChI=1S/C19H23N3OS/c1-13-7-8-14(18(11-13)24-2)12-21-19(20)22-16-9-10-23-17-6-4-3-5-15(16)17/h3-8,11,16H,9-10,12H2,1-2H3,(H3,20,21,22). The molecule has 2 aromatic carbocycles. The molecule has 2 aromatic rings. The predicted octanol–water partition coefficient (Wildman–Crippen LogP) is 3.65. The molecule has 1 atom stereocenters. The topological polar surface area (TPSA) is 59.6 Å². The highest BCUT2D eigenvalue weighted by Gasteiger charge is 2.21. The summed E-state index contributed by atoms with van der Waals surface area (Å²) in [6.45, 7) is 3.38. The van der Waals surface area contributed by atoms with Gasteiger partial charge in [0.05, 0.1) is 19.2 Å². The van der Waals surface area contributed by atoms with Crippen molar-refractivity contribution in [2.75, 3.05) is 12.9 Å². The summed E-state index contributed by atoms with van der Waals surface area (Å²) >= 11 is 1.74. The molecule has 0 radical (unpaired) electrons. The molecule has 5 heteroatoms. The summed E-state index contributed by atoms with van der Waals surface area (Å²) in [5.41, 5.74) is 9.72. The number of nitrogens with one attached hydrogen (secondary N) is 1. The molecule has 1 aliphatic rings. The lowest BCUT2D eigenvalue weighted by Crippen LogP contribution is -2.37. The van der Waals surface area contributed by atoms with Crippen LogP contribution in [0.3, 0.4) is 0 Å². The average Bonchev–Trinajstić information content (AvgIpc) is 2.61. The van der Waals surface area contributed by atoms with Gasteiger partial charge < -0.3 is 15.8 Å². The van der Waals surface area contributed by atoms with Crippen molar-refractivity contribution in [2.24, 2.45) is 10.7 Å². The minimum atomic E-state index is 0.150. The number of guanidine groups is 1. The van der Waals surface area contributed by atoms with Crippen molar-refractivity contribution in [3.63, 3.8) is 0 Å². The monoisotopic (exact) mass is 341 g/mol. The summed E-state index contributed by atoms with van der Waals surface area (Å²) in [6, 6.07) is 14.7. The molecular formula is C19H23N3OS. The number of hydrogen-bond acceptors (Lipinski definition) is 3. The van der Waals surface area contributed by atoms with E-state index in [0.29, 0.717) is 19.1 Å². The number of thioether (sulfide) groups is 1. The number of para-hydroxylation sites is 1. The van der Waals surface area contributed by atoms with Crippen molar-refractivity contribution >= 4 is 17.7 Å². The van der Waals surface area contributed by atoms with Crippen molar-refractivity contribution in [1.82, 2.24) is 5.32 Å². The molecule has 3 rings (SSSR count). The van der Waals surface area contributed by atoms with Crippen LogP contribution < -0.4 is 15.8 Å². The van der Waals surface area contributed by atoms with Gasteiger partial charge in [0.1, 0.15) is 5.75 Å². The largest absolute Gasteiger partial charge is 0.493 e. The zero-order valence-corrected chi connectivity index (χ0v) is 14.9. The summed E-state index contributed by atoms with van der Waals surface area (Å²) in [5.74, 6) is 1.40. The van der Waals surface area contributed by atoms with Crippen LogP contribution in [0.25, 0.3) is 0 Å². The van der Waals surface area contributed by atoms with Crippen LogP contribution in [-0.4, -0.2) is 18.8 Å². The molecule has 0 saturated carbocycles. The lowest BCUT2D eigenvalue weighted by molar-refractivity contribution is 0.262. The molecule has 1 aliphatic heterocycles. The molecule has 0 aliphatic carbocycles. The molecular weight excluding hydrogens is 318 g/mol. The fourth-order valence-corrected chi connectivity index (χ4v) is 3.57. The Kier molecular flexibility index (Phi) is 5.30. The van der Waals surface area contributed by atoms with Crippen LogP contribution in [0, 0.1) is 6.92 Å². The first-order valence-electron chi connectivity index (χ1n) is 8.09. The SMILES string of the molecule is CSc1cc(C)ccc1CN=C(N)NC1CCOc2ccccc21. The number of rotatable bonds is 4. The molecule has 4 nitrogen and oxygen atoms in total. The summed E-state index contributed by atoms with van der Waals surface area (Å²) in [4.78, 5) is 5.78. The fraction of sp³-hybridized carbons (Fsp3) is 0.316. The van der Waals surface area contributed by atoms with E-state index in [2.05, 4.69) is 47.8 Å². The van der Waals surface area contributed by atoms with E-state index in [1.807, 2.05) is 18.2 Å². The van der Waals surface area contributed by atoms with Crippen LogP contribution in [0.4, 0.5) is 0 Å². The van der Waals surface area contributed by atoms with Gasteiger partial charge in [-0.1, -0.05) is 30.3 Å². The van der Waals surface area contributed by atoms with E-state index in [4.69, 9.17) is 10.5 Å². The van der Waals surface area contributed by atoms with Crippen molar-refractivity contribution in [3.05, 3.63) is 59.2 Å². The predicted molar refractivity (Wildman–Crippen MR) is 101 cm³/mol. The van der Waals surface area contributed by atoms with Crippen LogP contribution in [0.15, 0.2) is 52.4 Å². The Balaban J connectivity index is 1.70. The molecule has 1 unspecified atom stereocenters. The Hall–Kier alpha value is -2.14. The van der Waals surface area contributed by atoms with Crippen molar-refractivity contribution < 1.29 is 4.74 Å². The Morgan fingerprint density at radius 1 is 1.33 bits per heavy atom. The van der Waals surface area contributed by atoms with Gasteiger partial charge in [0, 0.05) is 16.9 Å². The summed E-state index contributed by atoms with van der Waals surface area (Å²) < 4.78 is 5.68. The Morgan fingerprint density at radius 2 is 2.17 bits per heavy atom. The number of hydrogen-bond donors (Lipinski definition) is 2. The second-order valence-electron chi connectivity index (χ2n) is 5.89. The van der Waals surface area contributed by atoms with Gasteiger partial charge in [0.15, 0.2) is 5.96 Å². The normalized spacial score (nSPS) is 17.1. The number of ether oxygens (including phenoxy) is 1. The molecule has 0 amide bonds. The van der Waals surface area contributed by atoms with E-state index >= 15 is 0 Å². The molecule has 126 valence electrons.